The van der Waals surface area contributed by atoms with E-state index in [-0.39, 0.29) is 4.75 Å². The second-order valence-corrected chi connectivity index (χ2v) is 7.30. The lowest BCUT2D eigenvalue weighted by Gasteiger charge is -2.22. The number of hydrogen-bond donors (Lipinski definition) is 0. The molecular formula is C15H22O2S. The third-order valence-electron chi connectivity index (χ3n) is 2.78. The number of ether oxygens (including phenoxy) is 1. The zero-order valence-corrected chi connectivity index (χ0v) is 12.6. The second kappa shape index (κ2) is 6.19. The van der Waals surface area contributed by atoms with Gasteiger partial charge < -0.3 is 4.74 Å². The summed E-state index contributed by atoms with van der Waals surface area (Å²) in [6.45, 7) is 8.19. The Kier molecular flexibility index (Phi) is 5.15. The van der Waals surface area contributed by atoms with Gasteiger partial charge in [-0.25, -0.2) is 0 Å². The summed E-state index contributed by atoms with van der Waals surface area (Å²) in [5, 5.41) is 0. The van der Waals surface area contributed by atoms with Crippen molar-refractivity contribution in [2.24, 2.45) is 0 Å². The van der Waals surface area contributed by atoms with Gasteiger partial charge in [-0.1, -0.05) is 11.6 Å². The summed E-state index contributed by atoms with van der Waals surface area (Å²) in [6, 6.07) is 7.45. The molecule has 0 spiro atoms. The van der Waals surface area contributed by atoms with Crippen LogP contribution in [0, 0.1) is 0 Å². The van der Waals surface area contributed by atoms with Crippen LogP contribution < -0.4 is 4.74 Å². The van der Waals surface area contributed by atoms with E-state index >= 15 is 0 Å². The van der Waals surface area contributed by atoms with Gasteiger partial charge in [0.2, 0.25) is 0 Å². The van der Waals surface area contributed by atoms with Crippen LogP contribution in [0.15, 0.2) is 40.8 Å². The Bertz CT molecular complexity index is 440. The van der Waals surface area contributed by atoms with E-state index in [0.717, 1.165) is 17.1 Å². The molecule has 0 fully saturated rings. The number of rotatable bonds is 5. The molecule has 0 aliphatic carbocycles. The van der Waals surface area contributed by atoms with Gasteiger partial charge in [0.05, 0.1) is 17.9 Å². The summed E-state index contributed by atoms with van der Waals surface area (Å²) >= 11 is 0. The van der Waals surface area contributed by atoms with Crippen molar-refractivity contribution in [1.29, 1.82) is 0 Å². The first kappa shape index (κ1) is 15.0. The lowest BCUT2D eigenvalue weighted by Crippen LogP contribution is -2.25. The van der Waals surface area contributed by atoms with E-state index in [0.29, 0.717) is 0 Å². The van der Waals surface area contributed by atoms with Gasteiger partial charge in [-0.05, 0) is 58.4 Å². The lowest BCUT2D eigenvalue weighted by molar-refractivity contribution is 0.414. The lowest BCUT2D eigenvalue weighted by atomic mass is 10.1. The van der Waals surface area contributed by atoms with Crippen LogP contribution in [-0.2, 0) is 10.8 Å². The molecule has 0 saturated carbocycles. The van der Waals surface area contributed by atoms with Gasteiger partial charge in [0.15, 0.2) is 0 Å². The van der Waals surface area contributed by atoms with Crippen molar-refractivity contribution in [3.05, 3.63) is 35.9 Å². The van der Waals surface area contributed by atoms with E-state index in [4.69, 9.17) is 4.74 Å². The summed E-state index contributed by atoms with van der Waals surface area (Å²) < 4.78 is 17.4. The second-order valence-electron chi connectivity index (χ2n) is 5.19. The molecule has 1 aromatic carbocycles. The minimum absolute atomic E-state index is 0.258. The standard InChI is InChI=1S/C15H22O2S/c1-12(2)10-11-15(3,4)18(16)14-8-6-13(17-5)7-9-14/h6-10H,11H2,1-5H3. The maximum atomic E-state index is 12.5. The number of allylic oxidation sites excluding steroid dienone is 2. The topological polar surface area (TPSA) is 26.3 Å². The molecule has 0 bridgehead atoms. The molecule has 100 valence electrons. The van der Waals surface area contributed by atoms with E-state index in [2.05, 4.69) is 19.9 Å². The highest BCUT2D eigenvalue weighted by Gasteiger charge is 2.25. The van der Waals surface area contributed by atoms with Crippen LogP contribution in [0.4, 0.5) is 0 Å². The number of hydrogen-bond acceptors (Lipinski definition) is 2. The third-order valence-corrected chi connectivity index (χ3v) is 4.65. The molecule has 0 aliphatic rings. The van der Waals surface area contributed by atoms with Gasteiger partial charge in [-0.2, -0.15) is 0 Å². The van der Waals surface area contributed by atoms with Crippen LogP contribution in [0.5, 0.6) is 5.75 Å². The maximum absolute atomic E-state index is 12.5. The quantitative estimate of drug-likeness (QED) is 0.755. The van der Waals surface area contributed by atoms with Crippen molar-refractivity contribution < 1.29 is 8.95 Å². The van der Waals surface area contributed by atoms with Crippen LogP contribution >= 0.6 is 0 Å². The summed E-state index contributed by atoms with van der Waals surface area (Å²) in [6.07, 6.45) is 2.95. The molecule has 18 heavy (non-hydrogen) atoms. The van der Waals surface area contributed by atoms with E-state index in [1.807, 2.05) is 38.1 Å². The van der Waals surface area contributed by atoms with Crippen molar-refractivity contribution in [2.45, 2.75) is 43.8 Å². The van der Waals surface area contributed by atoms with Gasteiger partial charge in [-0.15, -0.1) is 0 Å². The highest BCUT2D eigenvalue weighted by molar-refractivity contribution is 7.86. The maximum Gasteiger partial charge on any atom is 0.118 e. The number of methoxy groups -OCH3 is 1. The van der Waals surface area contributed by atoms with Crippen LogP contribution in [0.25, 0.3) is 0 Å². The van der Waals surface area contributed by atoms with E-state index in [1.165, 1.54) is 5.57 Å². The highest BCUT2D eigenvalue weighted by Crippen LogP contribution is 2.26. The third kappa shape index (κ3) is 3.98. The average Bonchev–Trinajstić information content (AvgIpc) is 2.36. The fourth-order valence-corrected chi connectivity index (χ4v) is 2.80. The van der Waals surface area contributed by atoms with Crippen molar-refractivity contribution in [3.63, 3.8) is 0 Å². The Balaban J connectivity index is 2.87. The summed E-state index contributed by atoms with van der Waals surface area (Å²) in [7, 11) is 0.609. The molecule has 1 atom stereocenters. The SMILES string of the molecule is COc1ccc(S(=O)C(C)(C)CC=C(C)C)cc1. The highest BCUT2D eigenvalue weighted by atomic mass is 32.2. The normalized spacial score (nSPS) is 12.9. The van der Waals surface area contributed by atoms with Crippen LogP contribution in [0.1, 0.15) is 34.1 Å². The Hall–Kier alpha value is -1.09. The summed E-state index contributed by atoms with van der Waals surface area (Å²) in [5.74, 6) is 0.790. The Labute approximate surface area is 113 Å². The first-order chi connectivity index (χ1) is 8.36. The van der Waals surface area contributed by atoms with Crippen molar-refractivity contribution >= 4 is 10.8 Å². The largest absolute Gasteiger partial charge is 0.497 e. The van der Waals surface area contributed by atoms with Crippen LogP contribution in [-0.4, -0.2) is 16.1 Å². The molecule has 0 aliphatic heterocycles. The first-order valence-electron chi connectivity index (χ1n) is 6.06. The molecule has 1 unspecified atom stereocenters. The smallest absolute Gasteiger partial charge is 0.118 e. The minimum atomic E-state index is -1.02. The van der Waals surface area contributed by atoms with Gasteiger partial charge >= 0.3 is 0 Å². The molecule has 0 radical (unpaired) electrons. The summed E-state index contributed by atoms with van der Waals surface area (Å²) in [5.41, 5.74) is 1.26. The Morgan fingerprint density at radius 2 is 1.83 bits per heavy atom. The fraction of sp³-hybridized carbons (Fsp3) is 0.467. The molecule has 1 rings (SSSR count). The zero-order chi connectivity index (χ0) is 13.8. The van der Waals surface area contributed by atoms with Crippen LogP contribution in [0.3, 0.4) is 0 Å². The van der Waals surface area contributed by atoms with Crippen molar-refractivity contribution in [3.8, 4) is 5.75 Å². The zero-order valence-electron chi connectivity index (χ0n) is 11.8. The molecular weight excluding hydrogens is 244 g/mol. The molecule has 1 aromatic rings. The Morgan fingerprint density at radius 1 is 1.28 bits per heavy atom. The molecule has 3 heteroatoms. The minimum Gasteiger partial charge on any atom is -0.497 e. The van der Waals surface area contributed by atoms with Gasteiger partial charge in [0, 0.05) is 9.64 Å². The average molecular weight is 266 g/mol. The van der Waals surface area contributed by atoms with Gasteiger partial charge in [-0.3, -0.25) is 4.21 Å². The summed E-state index contributed by atoms with van der Waals surface area (Å²) in [4.78, 5) is 0.850. The van der Waals surface area contributed by atoms with Crippen molar-refractivity contribution in [2.75, 3.05) is 7.11 Å². The van der Waals surface area contributed by atoms with Gasteiger partial charge in [0.1, 0.15) is 5.75 Å². The molecule has 0 heterocycles. The predicted molar refractivity (Wildman–Crippen MR) is 77.5 cm³/mol. The van der Waals surface area contributed by atoms with E-state index in [9.17, 15) is 4.21 Å². The Morgan fingerprint density at radius 3 is 2.28 bits per heavy atom. The monoisotopic (exact) mass is 266 g/mol. The van der Waals surface area contributed by atoms with E-state index in [1.54, 1.807) is 7.11 Å². The van der Waals surface area contributed by atoms with Gasteiger partial charge in [0.25, 0.3) is 0 Å². The van der Waals surface area contributed by atoms with E-state index < -0.39 is 10.8 Å². The van der Waals surface area contributed by atoms with Crippen LogP contribution in [0.2, 0.25) is 0 Å². The predicted octanol–water partition coefficient (Wildman–Crippen LogP) is 3.94. The molecule has 2 nitrogen and oxygen atoms in total. The molecule has 0 amide bonds. The number of benzene rings is 1. The molecule has 0 N–H and O–H groups in total. The van der Waals surface area contributed by atoms with Crippen molar-refractivity contribution in [1.82, 2.24) is 0 Å². The molecule has 0 aromatic heterocycles. The molecule has 0 saturated heterocycles. The fourth-order valence-electron chi connectivity index (χ4n) is 1.54. The first-order valence-corrected chi connectivity index (χ1v) is 7.21.